The Hall–Kier alpha value is -2.29. The van der Waals surface area contributed by atoms with E-state index in [0.717, 1.165) is 83.5 Å². The molecule has 0 saturated heterocycles. The predicted molar refractivity (Wildman–Crippen MR) is 351 cm³/mol. The molecule has 0 aliphatic rings. The van der Waals surface area contributed by atoms with E-state index in [1.54, 1.807) is 0 Å². The summed E-state index contributed by atoms with van der Waals surface area (Å²) in [6.45, 7) is 6.98. The van der Waals surface area contributed by atoms with Crippen LogP contribution in [-0.2, 0) is 27.9 Å². The van der Waals surface area contributed by atoms with Gasteiger partial charge in [0.05, 0.1) is 33.8 Å². The quantitative estimate of drug-likeness (QED) is 0.0205. The summed E-state index contributed by atoms with van der Waals surface area (Å²) in [6.07, 6.45) is 78.1. The van der Waals surface area contributed by atoms with Gasteiger partial charge in [0.2, 0.25) is 5.91 Å². The molecule has 0 fully saturated rings. The van der Waals surface area contributed by atoms with Gasteiger partial charge in [-0.15, -0.1) is 0 Å². The summed E-state index contributed by atoms with van der Waals surface area (Å²) in [5.41, 5.74) is 0. The van der Waals surface area contributed by atoms with Gasteiger partial charge < -0.3 is 19.4 Å². The molecule has 0 rings (SSSR count). The molecule has 2 N–H and O–H groups in total. The van der Waals surface area contributed by atoms with Crippen LogP contribution in [0.25, 0.3) is 0 Å². The van der Waals surface area contributed by atoms with Gasteiger partial charge in [0.15, 0.2) is 0 Å². The van der Waals surface area contributed by atoms with E-state index in [1.165, 1.54) is 212 Å². The standard InChI is InChI=1S/C71H133N2O7P/c1-7-10-13-16-19-22-25-27-29-31-32-33-34-35-36-37-38-39-40-42-44-46-49-52-55-58-61-64-71(75)80-69(62-59-56-53-50-47-24-21-18-15-12-9-3)68(67-79-81(76,77)78-66-65-73(4,5)6)72-70(74)63-60-57-54-51-48-45-43-41-30-28-26-23-20-17-14-11-8-2/h19-20,22-23,27-30,59,62,68-69H,7-18,21,24-26,31-58,60-61,63-67H2,1-6H3,(H-,72,74,76,77)/p+1/b22-19-,23-20-,29-27-,30-28-,62-59-. The van der Waals surface area contributed by atoms with Crippen LogP contribution in [0.2, 0.25) is 0 Å². The molecule has 3 unspecified atom stereocenters. The number of ether oxygens (including phenoxy) is 1. The summed E-state index contributed by atoms with van der Waals surface area (Å²) in [5, 5.41) is 3.06. The van der Waals surface area contributed by atoms with E-state index in [4.69, 9.17) is 13.8 Å². The van der Waals surface area contributed by atoms with Crippen molar-refractivity contribution in [3.63, 3.8) is 0 Å². The Morgan fingerprint density at radius 1 is 0.432 bits per heavy atom. The first-order chi connectivity index (χ1) is 39.4. The number of esters is 1. The number of rotatable bonds is 63. The number of amides is 1. The van der Waals surface area contributed by atoms with Crippen molar-refractivity contribution in [1.82, 2.24) is 5.32 Å². The van der Waals surface area contributed by atoms with E-state index in [2.05, 4.69) is 74.7 Å². The molecule has 1 amide bonds. The highest BCUT2D eigenvalue weighted by molar-refractivity contribution is 7.47. The summed E-state index contributed by atoms with van der Waals surface area (Å²) < 4.78 is 30.8. The second-order valence-corrected chi connectivity index (χ2v) is 26.1. The van der Waals surface area contributed by atoms with E-state index in [1.807, 2.05) is 33.3 Å². The van der Waals surface area contributed by atoms with Gasteiger partial charge >= 0.3 is 13.8 Å². The molecule has 3 atom stereocenters. The van der Waals surface area contributed by atoms with Crippen LogP contribution < -0.4 is 5.32 Å². The molecular weight excluding hydrogens is 1020 g/mol. The van der Waals surface area contributed by atoms with E-state index in [9.17, 15) is 19.0 Å². The fourth-order valence-corrected chi connectivity index (χ4v) is 10.8. The first-order valence-corrected chi connectivity index (χ1v) is 36.1. The van der Waals surface area contributed by atoms with Gasteiger partial charge in [-0.3, -0.25) is 18.6 Å². The van der Waals surface area contributed by atoms with Crippen molar-refractivity contribution in [2.75, 3.05) is 40.9 Å². The molecule has 0 aromatic heterocycles. The molecular formula is C71H134N2O7P+. The Kier molecular flexibility index (Phi) is 59.1. The molecule has 81 heavy (non-hydrogen) atoms. The number of phosphoric acid groups is 1. The van der Waals surface area contributed by atoms with Crippen molar-refractivity contribution < 1.29 is 37.3 Å². The van der Waals surface area contributed by atoms with Gasteiger partial charge in [-0.2, -0.15) is 0 Å². The van der Waals surface area contributed by atoms with Crippen molar-refractivity contribution in [2.45, 2.75) is 341 Å². The molecule has 0 aromatic rings. The van der Waals surface area contributed by atoms with E-state index < -0.39 is 20.0 Å². The first kappa shape index (κ1) is 78.7. The fraction of sp³-hybridized carbons (Fsp3) is 0.831. The Bertz CT molecular complexity index is 1570. The smallest absolute Gasteiger partial charge is 0.456 e. The Morgan fingerprint density at radius 3 is 1.14 bits per heavy atom. The number of nitrogens with zero attached hydrogens (tertiary/aromatic N) is 1. The number of likely N-dealkylation sites (N-methyl/N-ethyl adjacent to an activating group) is 1. The Balaban J connectivity index is 4.98. The normalized spacial score (nSPS) is 13.9. The lowest BCUT2D eigenvalue weighted by molar-refractivity contribution is -0.870. The lowest BCUT2D eigenvalue weighted by atomic mass is 10.0. The third-order valence-corrected chi connectivity index (χ3v) is 16.4. The molecule has 0 aliphatic carbocycles. The average Bonchev–Trinajstić information content (AvgIpc) is 3.44. The minimum atomic E-state index is -4.45. The first-order valence-electron chi connectivity index (χ1n) is 34.6. The van der Waals surface area contributed by atoms with Crippen molar-refractivity contribution >= 4 is 19.7 Å². The molecule has 0 heterocycles. The second kappa shape index (κ2) is 60.8. The summed E-state index contributed by atoms with van der Waals surface area (Å²) in [5.74, 6) is -0.503. The highest BCUT2D eigenvalue weighted by atomic mass is 31.2. The van der Waals surface area contributed by atoms with E-state index in [-0.39, 0.29) is 25.1 Å². The molecule has 0 spiro atoms. The van der Waals surface area contributed by atoms with Gasteiger partial charge in [-0.05, 0) is 96.0 Å². The average molecular weight is 1160 g/mol. The van der Waals surface area contributed by atoms with Crippen LogP contribution >= 0.6 is 7.82 Å². The molecule has 0 saturated carbocycles. The zero-order valence-electron chi connectivity index (χ0n) is 54.3. The maximum absolute atomic E-state index is 13.6. The summed E-state index contributed by atoms with van der Waals surface area (Å²) in [4.78, 5) is 37.8. The molecule has 0 bridgehead atoms. The number of nitrogens with one attached hydrogen (secondary N) is 1. The SMILES string of the molecule is CCCCC/C=C\C/C=C\CCCCCCCCCCCCCCCCCCCC(=O)OC(/C=C\CCCCCCCCCCC)C(COP(=O)(O)OCC[N+](C)(C)C)NC(=O)CCCCCCCCC/C=C\C/C=C\CCCCC. The number of hydrogen-bond donors (Lipinski definition) is 2. The van der Waals surface area contributed by atoms with Gasteiger partial charge in [0, 0.05) is 12.8 Å². The number of carbonyl (C=O) groups excluding carboxylic acids is 2. The predicted octanol–water partition coefficient (Wildman–Crippen LogP) is 21.8. The highest BCUT2D eigenvalue weighted by Crippen LogP contribution is 2.43. The Morgan fingerprint density at radius 2 is 0.753 bits per heavy atom. The minimum absolute atomic E-state index is 0.0388. The zero-order valence-corrected chi connectivity index (χ0v) is 55.2. The highest BCUT2D eigenvalue weighted by Gasteiger charge is 2.30. The molecule has 0 aromatic carbocycles. The van der Waals surface area contributed by atoms with Gasteiger partial charge in [-0.1, -0.05) is 281 Å². The van der Waals surface area contributed by atoms with Crippen LogP contribution in [-0.4, -0.2) is 74.3 Å². The number of carbonyl (C=O) groups is 2. The van der Waals surface area contributed by atoms with Crippen LogP contribution in [0, 0.1) is 0 Å². The maximum Gasteiger partial charge on any atom is 0.472 e. The number of hydrogen-bond acceptors (Lipinski definition) is 6. The van der Waals surface area contributed by atoms with Crippen LogP contribution in [0.4, 0.5) is 0 Å². The topological polar surface area (TPSA) is 111 Å². The second-order valence-electron chi connectivity index (χ2n) is 24.7. The summed E-state index contributed by atoms with van der Waals surface area (Å²) >= 11 is 0. The van der Waals surface area contributed by atoms with Gasteiger partial charge in [0.1, 0.15) is 19.3 Å². The summed E-state index contributed by atoms with van der Waals surface area (Å²) in [6, 6.07) is -0.852. The molecule has 0 radical (unpaired) electrons. The number of quaternary nitrogens is 1. The molecule has 474 valence electrons. The van der Waals surface area contributed by atoms with Crippen LogP contribution in [0.15, 0.2) is 60.8 Å². The number of phosphoric ester groups is 1. The fourth-order valence-electron chi connectivity index (χ4n) is 10.1. The van der Waals surface area contributed by atoms with Crippen molar-refractivity contribution in [3.8, 4) is 0 Å². The number of allylic oxidation sites excluding steroid dienone is 9. The molecule has 9 nitrogen and oxygen atoms in total. The van der Waals surface area contributed by atoms with Crippen LogP contribution in [0.1, 0.15) is 329 Å². The van der Waals surface area contributed by atoms with Crippen molar-refractivity contribution in [1.29, 1.82) is 0 Å². The zero-order chi connectivity index (χ0) is 59.3. The van der Waals surface area contributed by atoms with E-state index >= 15 is 0 Å². The molecule has 0 aliphatic heterocycles. The van der Waals surface area contributed by atoms with Crippen molar-refractivity contribution in [2.24, 2.45) is 0 Å². The van der Waals surface area contributed by atoms with Gasteiger partial charge in [-0.25, -0.2) is 4.57 Å². The van der Waals surface area contributed by atoms with E-state index in [0.29, 0.717) is 23.9 Å². The van der Waals surface area contributed by atoms with Gasteiger partial charge in [0.25, 0.3) is 0 Å². The van der Waals surface area contributed by atoms with Crippen LogP contribution in [0.5, 0.6) is 0 Å². The third kappa shape index (κ3) is 62.1. The molecule has 10 heteroatoms. The maximum atomic E-state index is 13.6. The van der Waals surface area contributed by atoms with Crippen molar-refractivity contribution in [3.05, 3.63) is 60.8 Å². The monoisotopic (exact) mass is 1160 g/mol. The largest absolute Gasteiger partial charge is 0.472 e. The minimum Gasteiger partial charge on any atom is -0.456 e. The lowest BCUT2D eigenvalue weighted by Gasteiger charge is -2.27. The lowest BCUT2D eigenvalue weighted by Crippen LogP contribution is -2.47. The van der Waals surface area contributed by atoms with Crippen LogP contribution in [0.3, 0.4) is 0 Å². The summed E-state index contributed by atoms with van der Waals surface area (Å²) in [7, 11) is 1.50. The number of unbranched alkanes of at least 4 members (excludes halogenated alkanes) is 39. The Labute approximate surface area is 502 Å². The third-order valence-electron chi connectivity index (χ3n) is 15.4.